The van der Waals surface area contributed by atoms with Crippen molar-refractivity contribution in [1.82, 2.24) is 19.8 Å². The molecule has 3 saturated heterocycles. The molecule has 4 aromatic carbocycles. The Morgan fingerprint density at radius 3 is 2.51 bits per heavy atom. The zero-order chi connectivity index (χ0) is 42.9. The van der Waals surface area contributed by atoms with E-state index in [4.69, 9.17) is 4.43 Å². The molecule has 0 unspecified atom stereocenters. The van der Waals surface area contributed by atoms with Crippen molar-refractivity contribution in [3.05, 3.63) is 136 Å². The lowest BCUT2D eigenvalue weighted by Crippen LogP contribution is -2.59. The summed E-state index contributed by atoms with van der Waals surface area (Å²) in [6.45, 7) is 16.1. The second-order valence-electron chi connectivity index (χ2n) is 18.4. The highest BCUT2D eigenvalue weighted by molar-refractivity contribution is 6.74. The Labute approximate surface area is 359 Å². The molecule has 2 aromatic heterocycles. The van der Waals surface area contributed by atoms with Crippen LogP contribution >= 0.6 is 0 Å². The van der Waals surface area contributed by atoms with E-state index in [0.29, 0.717) is 24.5 Å². The fourth-order valence-corrected chi connectivity index (χ4v) is 10.3. The summed E-state index contributed by atoms with van der Waals surface area (Å²) in [6.07, 6.45) is 8.17. The maximum Gasteiger partial charge on any atom is 0.412 e. The van der Waals surface area contributed by atoms with Crippen molar-refractivity contribution in [2.75, 3.05) is 31.1 Å². The first kappa shape index (κ1) is 42.2. The molecule has 10 nitrogen and oxygen atoms in total. The molecule has 6 aromatic rings. The summed E-state index contributed by atoms with van der Waals surface area (Å²) in [5, 5.41) is 26.9. The molecule has 11 heteroatoms. The first-order valence-electron chi connectivity index (χ1n) is 21.7. The molecule has 9 rings (SSSR count). The minimum absolute atomic E-state index is 0.00547. The van der Waals surface area contributed by atoms with Gasteiger partial charge in [0.05, 0.1) is 23.3 Å². The highest BCUT2D eigenvalue weighted by Crippen LogP contribution is 2.42. The molecule has 3 aliphatic heterocycles. The number of aromatic hydroxyl groups is 1. The van der Waals surface area contributed by atoms with Crippen LogP contribution in [-0.2, 0) is 17.5 Å². The minimum atomic E-state index is -2.20. The van der Waals surface area contributed by atoms with Gasteiger partial charge in [0.25, 0.3) is 0 Å². The first-order chi connectivity index (χ1) is 29.3. The van der Waals surface area contributed by atoms with E-state index < -0.39 is 14.4 Å². The standard InChI is InChI=1S/C50H59N5O5Si/c1-50(2,3)61(4,5)60-46(40-17-20-45(56)48-41(40)18-21-47(57)52-48)32-51-31-35-15-19-42-38(29-35)24-28-54(42)25-10-9-11-34-14-16-39(36-12-7-6-8-13-36)43(30-34)55(49(58)59)44-33-53-26-22-37(44)23-27-53/h6-9,11-21,24,28-30,37,44,46,51,56H,10,22-23,25-27,31-33H2,1-5H3,(H,52,57)(H,58,59)/b11-9+/t44-,46+/m0/s1. The lowest BCUT2D eigenvalue weighted by molar-refractivity contribution is 0.0838. The van der Waals surface area contributed by atoms with Crippen molar-refractivity contribution < 1.29 is 19.4 Å². The molecular formula is C50H59N5O5Si. The SMILES string of the molecule is CC(C)(C)[Si](C)(C)O[C@H](CNCc1ccc2c(ccn2CC/C=C/c2ccc(-c3ccccc3)c(N(C(=O)O)[C@H]3CN4CCC3CC4)c2)c1)c1ccc(O)c2[nH]c(=O)ccc12. The van der Waals surface area contributed by atoms with Crippen LogP contribution in [0.3, 0.4) is 0 Å². The summed E-state index contributed by atoms with van der Waals surface area (Å²) >= 11 is 0. The Morgan fingerprint density at radius 1 is 1.00 bits per heavy atom. The number of phenols is 1. The molecule has 2 bridgehead atoms. The summed E-state index contributed by atoms with van der Waals surface area (Å²) in [6, 6.07) is 31.9. The van der Waals surface area contributed by atoms with Crippen LogP contribution in [0.15, 0.2) is 114 Å². The zero-order valence-corrected chi connectivity index (χ0v) is 37.0. The van der Waals surface area contributed by atoms with E-state index in [1.807, 2.05) is 24.3 Å². The van der Waals surface area contributed by atoms with E-state index in [1.54, 1.807) is 17.0 Å². The summed E-state index contributed by atoms with van der Waals surface area (Å²) in [7, 11) is -2.20. The van der Waals surface area contributed by atoms with Gasteiger partial charge in [-0.2, -0.15) is 0 Å². The second-order valence-corrected chi connectivity index (χ2v) is 23.1. The maximum absolute atomic E-state index is 13.0. The predicted octanol–water partition coefficient (Wildman–Crippen LogP) is 10.4. The number of hydrogen-bond acceptors (Lipinski definition) is 6. The Balaban J connectivity index is 0.949. The van der Waals surface area contributed by atoms with Crippen molar-refractivity contribution >= 4 is 48.0 Å². The van der Waals surface area contributed by atoms with Gasteiger partial charge in [-0.15, -0.1) is 0 Å². The molecule has 2 atom stereocenters. The third-order valence-electron chi connectivity index (χ3n) is 13.4. The Bertz CT molecular complexity index is 2600. The number of H-pyrrole nitrogens is 1. The molecule has 61 heavy (non-hydrogen) atoms. The molecule has 0 aliphatic carbocycles. The number of phenolic OH excluding ortho intramolecular Hbond substituents is 1. The average molecular weight is 838 g/mol. The summed E-state index contributed by atoms with van der Waals surface area (Å²) in [4.78, 5) is 32.0. The third kappa shape index (κ3) is 9.11. The number of hydrogen-bond donors (Lipinski definition) is 4. The molecule has 4 N–H and O–H groups in total. The van der Waals surface area contributed by atoms with Crippen LogP contribution in [-0.4, -0.2) is 71.3 Å². The average Bonchev–Trinajstić information content (AvgIpc) is 3.65. The van der Waals surface area contributed by atoms with Crippen LogP contribution in [0.5, 0.6) is 5.75 Å². The number of carbonyl (C=O) groups is 1. The van der Waals surface area contributed by atoms with Crippen LogP contribution in [0.25, 0.3) is 39.0 Å². The molecule has 0 saturated carbocycles. The summed E-state index contributed by atoms with van der Waals surface area (Å²) in [5.41, 5.74) is 7.13. The maximum atomic E-state index is 13.0. The van der Waals surface area contributed by atoms with Gasteiger partial charge in [0.1, 0.15) is 5.75 Å². The van der Waals surface area contributed by atoms with Gasteiger partial charge in [-0.05, 0) is 120 Å². The number of benzene rings is 4. The number of rotatable bonds is 14. The van der Waals surface area contributed by atoms with Gasteiger partial charge in [0.2, 0.25) is 5.56 Å². The predicted molar refractivity (Wildman–Crippen MR) is 250 cm³/mol. The van der Waals surface area contributed by atoms with Crippen molar-refractivity contribution in [1.29, 1.82) is 0 Å². The molecule has 318 valence electrons. The van der Waals surface area contributed by atoms with Gasteiger partial charge in [-0.1, -0.05) is 87.5 Å². The lowest BCUT2D eigenvalue weighted by atomic mass is 9.82. The second kappa shape index (κ2) is 17.5. The Hall–Kier alpha value is -5.46. The first-order valence-corrected chi connectivity index (χ1v) is 24.6. The molecule has 5 heterocycles. The molecular weight excluding hydrogens is 779 g/mol. The quantitative estimate of drug-likeness (QED) is 0.0806. The smallest absolute Gasteiger partial charge is 0.412 e. The van der Waals surface area contributed by atoms with Crippen molar-refractivity contribution in [2.45, 2.75) is 83.4 Å². The van der Waals surface area contributed by atoms with E-state index in [0.717, 1.165) is 78.8 Å². The van der Waals surface area contributed by atoms with E-state index in [9.17, 15) is 19.8 Å². The molecule has 0 radical (unpaired) electrons. The largest absolute Gasteiger partial charge is 0.506 e. The fourth-order valence-electron chi connectivity index (χ4n) is 8.99. The molecule has 0 spiro atoms. The lowest BCUT2D eigenvalue weighted by Gasteiger charge is -2.48. The molecule has 3 aliphatic rings. The molecule has 3 fully saturated rings. The van der Waals surface area contributed by atoms with Gasteiger partial charge >= 0.3 is 6.09 Å². The minimum Gasteiger partial charge on any atom is -0.506 e. The Kier molecular flexibility index (Phi) is 12.1. The van der Waals surface area contributed by atoms with E-state index in [1.165, 1.54) is 22.5 Å². The number of fused-ring (bicyclic) bond motifs is 5. The number of carboxylic acid groups (broad SMARTS) is 1. The number of allylic oxidation sites excluding steroid dienone is 1. The van der Waals surface area contributed by atoms with Crippen LogP contribution in [0.2, 0.25) is 18.1 Å². The third-order valence-corrected chi connectivity index (χ3v) is 17.8. The van der Waals surface area contributed by atoms with Crippen molar-refractivity contribution in [3.63, 3.8) is 0 Å². The van der Waals surface area contributed by atoms with Crippen molar-refractivity contribution in [2.24, 2.45) is 5.92 Å². The monoisotopic (exact) mass is 837 g/mol. The number of nitrogens with zero attached hydrogens (tertiary/aromatic N) is 3. The zero-order valence-electron chi connectivity index (χ0n) is 36.0. The van der Waals surface area contributed by atoms with Gasteiger partial charge in [0.15, 0.2) is 8.32 Å². The number of nitrogens with one attached hydrogen (secondary N) is 2. The summed E-state index contributed by atoms with van der Waals surface area (Å²) < 4.78 is 9.29. The number of aromatic nitrogens is 2. The number of aryl methyl sites for hydroxylation is 1. The highest BCUT2D eigenvalue weighted by Gasteiger charge is 2.41. The van der Waals surface area contributed by atoms with Crippen LogP contribution in [0.4, 0.5) is 10.5 Å². The Morgan fingerprint density at radius 2 is 1.79 bits per heavy atom. The van der Waals surface area contributed by atoms with Crippen LogP contribution in [0.1, 0.15) is 62.8 Å². The van der Waals surface area contributed by atoms with Crippen LogP contribution in [0, 0.1) is 5.92 Å². The number of pyridine rings is 1. The van der Waals surface area contributed by atoms with E-state index in [2.05, 4.69) is 127 Å². The van der Waals surface area contributed by atoms with Gasteiger partial charge < -0.3 is 34.4 Å². The number of anilines is 1. The summed E-state index contributed by atoms with van der Waals surface area (Å²) in [5.74, 6) is 0.415. The van der Waals surface area contributed by atoms with E-state index >= 15 is 0 Å². The normalized spacial score (nSPS) is 18.6. The number of amides is 1. The van der Waals surface area contributed by atoms with Gasteiger partial charge in [-0.25, -0.2) is 4.79 Å². The highest BCUT2D eigenvalue weighted by atomic mass is 28.4. The number of piperidine rings is 3. The van der Waals surface area contributed by atoms with E-state index in [-0.39, 0.29) is 28.5 Å². The van der Waals surface area contributed by atoms with Crippen LogP contribution < -0.4 is 15.8 Å². The topological polar surface area (TPSA) is 123 Å². The van der Waals surface area contributed by atoms with Gasteiger partial charge in [0, 0.05) is 54.9 Å². The van der Waals surface area contributed by atoms with Crippen molar-refractivity contribution in [3.8, 4) is 16.9 Å². The fraction of sp³-hybridized carbons (Fsp3) is 0.360. The molecule has 1 amide bonds. The van der Waals surface area contributed by atoms with Gasteiger partial charge in [-0.3, -0.25) is 9.69 Å². The number of aromatic amines is 1.